The summed E-state index contributed by atoms with van der Waals surface area (Å²) in [5.41, 5.74) is 2.23. The highest BCUT2D eigenvalue weighted by Gasteiger charge is 2.17. The average Bonchev–Trinajstić information content (AvgIpc) is 2.82. The Morgan fingerprint density at radius 1 is 1.16 bits per heavy atom. The minimum atomic E-state index is -0.205. The van der Waals surface area contributed by atoms with Gasteiger partial charge in [0.15, 0.2) is 0 Å². The number of amides is 1. The van der Waals surface area contributed by atoms with Crippen LogP contribution in [0.25, 0.3) is 22.0 Å². The van der Waals surface area contributed by atoms with Crippen LogP contribution >= 0.6 is 23.4 Å². The minimum absolute atomic E-state index is 0.0819. The van der Waals surface area contributed by atoms with Gasteiger partial charge < -0.3 is 15.0 Å². The summed E-state index contributed by atoms with van der Waals surface area (Å²) in [5.74, 6) is 0.0913. The molecule has 4 rings (SSSR count). The quantitative estimate of drug-likeness (QED) is 0.386. The first-order valence-electron chi connectivity index (χ1n) is 10.7. The van der Waals surface area contributed by atoms with Crippen LogP contribution < -0.4 is 10.9 Å². The lowest BCUT2D eigenvalue weighted by Gasteiger charge is -2.26. The molecule has 1 amide bonds. The molecule has 0 unspecified atom stereocenters. The lowest BCUT2D eigenvalue weighted by molar-refractivity contribution is -0.118. The van der Waals surface area contributed by atoms with Crippen molar-refractivity contribution in [3.05, 3.63) is 63.9 Å². The number of rotatable bonds is 8. The number of H-pyrrole nitrogens is 1. The maximum Gasteiger partial charge on any atom is 0.262 e. The maximum absolute atomic E-state index is 12.9. The largest absolute Gasteiger partial charge is 0.379 e. The van der Waals surface area contributed by atoms with E-state index < -0.39 is 0 Å². The number of nitrogens with one attached hydrogen (secondary N) is 2. The molecule has 0 radical (unpaired) electrons. The maximum atomic E-state index is 12.9. The van der Waals surface area contributed by atoms with Crippen LogP contribution in [0.4, 0.5) is 0 Å². The van der Waals surface area contributed by atoms with Crippen LogP contribution in [0.15, 0.2) is 58.2 Å². The second-order valence-electron chi connectivity index (χ2n) is 7.66. The first-order chi connectivity index (χ1) is 15.6. The van der Waals surface area contributed by atoms with Crippen molar-refractivity contribution >= 4 is 40.2 Å². The standard InChI is InChI=1S/C24H26ClN3O3S/c25-18-7-8-20-19(15-18)22(17-5-2-1-3-6-17)23(24(30)27-20)32-16-21(29)26-9-4-10-28-11-13-31-14-12-28/h1-3,5-8,15H,4,9-14,16H2,(H,26,29)(H,27,30). The number of benzene rings is 2. The predicted molar refractivity (Wildman–Crippen MR) is 131 cm³/mol. The summed E-state index contributed by atoms with van der Waals surface area (Å²) in [6.07, 6.45) is 0.890. The third-order valence-electron chi connectivity index (χ3n) is 5.42. The Kier molecular flexibility index (Phi) is 7.86. The Labute approximate surface area is 196 Å². The molecule has 3 aromatic rings. The fourth-order valence-corrected chi connectivity index (χ4v) is 4.92. The molecule has 6 nitrogen and oxygen atoms in total. The van der Waals surface area contributed by atoms with Gasteiger partial charge in [-0.3, -0.25) is 14.5 Å². The molecule has 0 saturated carbocycles. The van der Waals surface area contributed by atoms with E-state index in [1.807, 2.05) is 36.4 Å². The summed E-state index contributed by atoms with van der Waals surface area (Å²) in [6.45, 7) is 5.00. The SMILES string of the molecule is O=C(CSc1c(-c2ccccc2)c2cc(Cl)ccc2[nH]c1=O)NCCCN1CCOCC1. The molecule has 32 heavy (non-hydrogen) atoms. The van der Waals surface area contributed by atoms with Crippen LogP contribution in [0.3, 0.4) is 0 Å². The molecule has 0 aliphatic carbocycles. The first kappa shape index (κ1) is 22.9. The lowest BCUT2D eigenvalue weighted by Crippen LogP contribution is -2.38. The van der Waals surface area contributed by atoms with E-state index in [9.17, 15) is 9.59 Å². The van der Waals surface area contributed by atoms with E-state index in [4.69, 9.17) is 16.3 Å². The number of hydrogen-bond donors (Lipinski definition) is 2. The number of thioether (sulfide) groups is 1. The van der Waals surface area contributed by atoms with Crippen molar-refractivity contribution in [1.29, 1.82) is 0 Å². The van der Waals surface area contributed by atoms with Crippen molar-refractivity contribution in [3.8, 4) is 11.1 Å². The third-order valence-corrected chi connectivity index (χ3v) is 6.74. The highest BCUT2D eigenvalue weighted by Crippen LogP contribution is 2.35. The molecule has 0 atom stereocenters. The van der Waals surface area contributed by atoms with Gasteiger partial charge in [0.05, 0.1) is 23.9 Å². The number of aromatic nitrogens is 1. The number of hydrogen-bond acceptors (Lipinski definition) is 5. The number of fused-ring (bicyclic) bond motifs is 1. The van der Waals surface area contributed by atoms with Gasteiger partial charge >= 0.3 is 0 Å². The number of pyridine rings is 1. The summed E-state index contributed by atoms with van der Waals surface area (Å²) < 4.78 is 5.35. The molecule has 168 valence electrons. The molecular formula is C24H26ClN3O3S. The lowest BCUT2D eigenvalue weighted by atomic mass is 10.0. The molecule has 1 saturated heterocycles. The van der Waals surface area contributed by atoms with Gasteiger partial charge in [-0.1, -0.05) is 41.9 Å². The van der Waals surface area contributed by atoms with Gasteiger partial charge in [0.1, 0.15) is 0 Å². The predicted octanol–water partition coefficient (Wildman–Crippen LogP) is 3.78. The van der Waals surface area contributed by atoms with Crippen molar-refractivity contribution in [2.24, 2.45) is 0 Å². The number of carbonyl (C=O) groups is 1. The molecule has 0 spiro atoms. The van der Waals surface area contributed by atoms with Crippen LogP contribution in [0.1, 0.15) is 6.42 Å². The molecule has 1 fully saturated rings. The second-order valence-corrected chi connectivity index (χ2v) is 9.08. The third kappa shape index (κ3) is 5.72. The minimum Gasteiger partial charge on any atom is -0.379 e. The molecule has 2 heterocycles. The first-order valence-corrected chi connectivity index (χ1v) is 12.1. The Bertz CT molecular complexity index is 1130. The normalized spacial score (nSPS) is 14.5. The van der Waals surface area contributed by atoms with E-state index in [0.29, 0.717) is 16.5 Å². The Morgan fingerprint density at radius 3 is 2.72 bits per heavy atom. The van der Waals surface area contributed by atoms with Crippen LogP contribution in [0.2, 0.25) is 5.02 Å². The van der Waals surface area contributed by atoms with E-state index in [1.54, 1.807) is 12.1 Å². The highest BCUT2D eigenvalue weighted by molar-refractivity contribution is 8.00. The van der Waals surface area contributed by atoms with Gasteiger partial charge in [0.2, 0.25) is 5.91 Å². The molecule has 2 N–H and O–H groups in total. The summed E-state index contributed by atoms with van der Waals surface area (Å²) >= 11 is 7.51. The summed E-state index contributed by atoms with van der Waals surface area (Å²) in [4.78, 5) is 31.1. The zero-order chi connectivity index (χ0) is 22.3. The Balaban J connectivity index is 1.46. The number of ether oxygens (including phenoxy) is 1. The van der Waals surface area contributed by atoms with Gasteiger partial charge in [-0.25, -0.2) is 0 Å². The molecule has 0 bridgehead atoms. The van der Waals surface area contributed by atoms with Crippen LogP contribution in [-0.4, -0.2) is 60.9 Å². The van der Waals surface area contributed by atoms with Gasteiger partial charge in [-0.05, 0) is 36.7 Å². The van der Waals surface area contributed by atoms with Crippen molar-refractivity contribution in [3.63, 3.8) is 0 Å². The number of halogens is 1. The van der Waals surface area contributed by atoms with Crippen molar-refractivity contribution in [1.82, 2.24) is 15.2 Å². The summed E-state index contributed by atoms with van der Waals surface area (Å²) in [6, 6.07) is 15.1. The van der Waals surface area contributed by atoms with Gasteiger partial charge in [-0.2, -0.15) is 0 Å². The molecule has 8 heteroatoms. The van der Waals surface area contributed by atoms with E-state index in [1.165, 1.54) is 11.8 Å². The Hall–Kier alpha value is -2.32. The molecular weight excluding hydrogens is 446 g/mol. The second kappa shape index (κ2) is 11.0. The number of morpholine rings is 1. The van der Waals surface area contributed by atoms with Crippen molar-refractivity contribution in [2.75, 3.05) is 45.1 Å². The van der Waals surface area contributed by atoms with E-state index in [-0.39, 0.29) is 17.2 Å². The van der Waals surface area contributed by atoms with Gasteiger partial charge in [0, 0.05) is 41.1 Å². The summed E-state index contributed by atoms with van der Waals surface area (Å²) in [5, 5.41) is 4.42. The fourth-order valence-electron chi connectivity index (χ4n) is 3.82. The van der Waals surface area contributed by atoms with Gasteiger partial charge in [0.25, 0.3) is 5.56 Å². The van der Waals surface area contributed by atoms with Crippen LogP contribution in [0, 0.1) is 0 Å². The van der Waals surface area contributed by atoms with E-state index >= 15 is 0 Å². The number of carbonyl (C=O) groups excluding carboxylic acids is 1. The number of aromatic amines is 1. The van der Waals surface area contributed by atoms with Crippen molar-refractivity contribution in [2.45, 2.75) is 11.3 Å². The van der Waals surface area contributed by atoms with Crippen molar-refractivity contribution < 1.29 is 9.53 Å². The molecule has 1 aliphatic rings. The Morgan fingerprint density at radius 2 is 1.94 bits per heavy atom. The molecule has 1 aliphatic heterocycles. The average molecular weight is 472 g/mol. The zero-order valence-electron chi connectivity index (χ0n) is 17.7. The monoisotopic (exact) mass is 471 g/mol. The summed E-state index contributed by atoms with van der Waals surface area (Å²) in [7, 11) is 0. The molecule has 2 aromatic carbocycles. The topological polar surface area (TPSA) is 74.4 Å². The fraction of sp³-hybridized carbons (Fsp3) is 0.333. The van der Waals surface area contributed by atoms with Crippen LogP contribution in [-0.2, 0) is 9.53 Å². The van der Waals surface area contributed by atoms with Gasteiger partial charge in [-0.15, -0.1) is 11.8 Å². The van der Waals surface area contributed by atoms with E-state index in [0.717, 1.165) is 61.3 Å². The number of nitrogens with zero attached hydrogens (tertiary/aromatic N) is 1. The smallest absolute Gasteiger partial charge is 0.262 e. The van der Waals surface area contributed by atoms with Crippen LogP contribution in [0.5, 0.6) is 0 Å². The molecule has 1 aromatic heterocycles. The highest BCUT2D eigenvalue weighted by atomic mass is 35.5. The zero-order valence-corrected chi connectivity index (χ0v) is 19.3. The van der Waals surface area contributed by atoms with E-state index in [2.05, 4.69) is 15.2 Å².